The maximum atomic E-state index is 12.3. The number of carbonyl (C=O) groups is 1. The molecule has 1 N–H and O–H groups in total. The molecule has 0 fully saturated rings. The van der Waals surface area contributed by atoms with Crippen LogP contribution in [0.4, 0.5) is 5.82 Å². The summed E-state index contributed by atoms with van der Waals surface area (Å²) in [4.78, 5) is 12.3. The van der Waals surface area contributed by atoms with E-state index in [0.717, 1.165) is 28.3 Å². The molecule has 0 radical (unpaired) electrons. The van der Waals surface area contributed by atoms with Crippen LogP contribution in [0.25, 0.3) is 0 Å². The van der Waals surface area contributed by atoms with Crippen molar-refractivity contribution in [3.63, 3.8) is 0 Å². The lowest BCUT2D eigenvalue weighted by Gasteiger charge is -2.24. The molecule has 0 spiro atoms. The van der Waals surface area contributed by atoms with Gasteiger partial charge in [0.2, 0.25) is 5.91 Å². The van der Waals surface area contributed by atoms with Crippen LogP contribution in [0.1, 0.15) is 29.0 Å². The van der Waals surface area contributed by atoms with Crippen LogP contribution >= 0.6 is 0 Å². The second-order valence-electron chi connectivity index (χ2n) is 6.17. The summed E-state index contributed by atoms with van der Waals surface area (Å²) in [7, 11) is 1.65. The lowest BCUT2D eigenvalue weighted by atomic mass is 9.87. The summed E-state index contributed by atoms with van der Waals surface area (Å²) in [6.45, 7) is 0.626. The zero-order valence-electron chi connectivity index (χ0n) is 14.0. The highest BCUT2D eigenvalue weighted by atomic mass is 16.5. The summed E-state index contributed by atoms with van der Waals surface area (Å²) < 4.78 is 7.18. The summed E-state index contributed by atoms with van der Waals surface area (Å²) in [5.41, 5.74) is 3.25. The van der Waals surface area contributed by atoms with Crippen LogP contribution in [0.2, 0.25) is 0 Å². The van der Waals surface area contributed by atoms with E-state index >= 15 is 0 Å². The number of aromatic nitrogens is 2. The molecule has 25 heavy (non-hydrogen) atoms. The predicted molar refractivity (Wildman–Crippen MR) is 95.9 cm³/mol. The lowest BCUT2D eigenvalue weighted by molar-refractivity contribution is -0.116. The topological polar surface area (TPSA) is 56.1 Å². The van der Waals surface area contributed by atoms with E-state index < -0.39 is 0 Å². The second-order valence-corrected chi connectivity index (χ2v) is 6.17. The number of anilines is 1. The molecule has 1 aromatic heterocycles. The third-order valence-corrected chi connectivity index (χ3v) is 4.56. The average molecular weight is 333 g/mol. The standard InChI is InChI=1S/C20H19N3O2/c1-25-16-9-5-8-15(10-16)17-11-19(24)22-20-18(17)12-21-23(20)13-14-6-3-2-4-7-14/h2-10,12,17H,11,13H2,1H3,(H,22,24)/t17-/m1/s1. The van der Waals surface area contributed by atoms with Crippen molar-refractivity contribution in [1.29, 1.82) is 0 Å². The SMILES string of the molecule is COc1cccc([C@H]2CC(=O)Nc3c2cnn3Cc2ccccc2)c1. The molecule has 3 aromatic rings. The van der Waals surface area contributed by atoms with Gasteiger partial charge in [-0.25, -0.2) is 4.68 Å². The average Bonchev–Trinajstić information content (AvgIpc) is 3.04. The largest absolute Gasteiger partial charge is 0.497 e. The van der Waals surface area contributed by atoms with Crippen molar-refractivity contribution < 1.29 is 9.53 Å². The number of ether oxygens (including phenoxy) is 1. The van der Waals surface area contributed by atoms with E-state index in [-0.39, 0.29) is 11.8 Å². The van der Waals surface area contributed by atoms with Crippen LogP contribution in [0.5, 0.6) is 5.75 Å². The Morgan fingerprint density at radius 3 is 2.84 bits per heavy atom. The summed E-state index contributed by atoms with van der Waals surface area (Å²) in [6, 6.07) is 18.0. The maximum absolute atomic E-state index is 12.3. The molecule has 1 atom stereocenters. The van der Waals surface area contributed by atoms with Gasteiger partial charge in [0.25, 0.3) is 0 Å². The Morgan fingerprint density at radius 2 is 2.04 bits per heavy atom. The predicted octanol–water partition coefficient (Wildman–Crippen LogP) is 3.41. The number of nitrogens with one attached hydrogen (secondary N) is 1. The third-order valence-electron chi connectivity index (χ3n) is 4.56. The molecule has 0 bridgehead atoms. The summed E-state index contributed by atoms with van der Waals surface area (Å²) >= 11 is 0. The zero-order chi connectivity index (χ0) is 17.2. The molecule has 1 aliphatic rings. The van der Waals surface area contributed by atoms with Gasteiger partial charge in [0.15, 0.2) is 0 Å². The smallest absolute Gasteiger partial charge is 0.226 e. The van der Waals surface area contributed by atoms with E-state index in [1.54, 1.807) is 7.11 Å². The Bertz CT molecular complexity index is 902. The summed E-state index contributed by atoms with van der Waals surface area (Å²) in [5, 5.41) is 7.50. The molecule has 1 aliphatic heterocycles. The zero-order valence-corrected chi connectivity index (χ0v) is 14.0. The first-order valence-electron chi connectivity index (χ1n) is 8.28. The van der Waals surface area contributed by atoms with Crippen molar-refractivity contribution >= 4 is 11.7 Å². The van der Waals surface area contributed by atoms with Gasteiger partial charge in [0.1, 0.15) is 11.6 Å². The minimum absolute atomic E-state index is 0.00938. The molecule has 1 amide bonds. The van der Waals surface area contributed by atoms with Crippen molar-refractivity contribution in [2.45, 2.75) is 18.9 Å². The first-order chi connectivity index (χ1) is 12.2. The third kappa shape index (κ3) is 3.01. The van der Waals surface area contributed by atoms with Gasteiger partial charge < -0.3 is 10.1 Å². The van der Waals surface area contributed by atoms with Gasteiger partial charge >= 0.3 is 0 Å². The van der Waals surface area contributed by atoms with Gasteiger partial charge in [-0.15, -0.1) is 0 Å². The fourth-order valence-corrected chi connectivity index (χ4v) is 3.30. The molecule has 0 aliphatic carbocycles. The van der Waals surface area contributed by atoms with Crippen LogP contribution in [0, 0.1) is 0 Å². The number of methoxy groups -OCH3 is 1. The van der Waals surface area contributed by atoms with Crippen LogP contribution in [0.15, 0.2) is 60.8 Å². The molecule has 2 heterocycles. The van der Waals surface area contributed by atoms with E-state index in [0.29, 0.717) is 13.0 Å². The normalized spacial score (nSPS) is 16.2. The Kier molecular flexibility index (Phi) is 3.98. The molecular formula is C20H19N3O2. The number of hydrogen-bond acceptors (Lipinski definition) is 3. The number of carbonyl (C=O) groups excluding carboxylic acids is 1. The monoisotopic (exact) mass is 333 g/mol. The quantitative estimate of drug-likeness (QED) is 0.796. The lowest BCUT2D eigenvalue weighted by Crippen LogP contribution is -2.25. The van der Waals surface area contributed by atoms with Gasteiger partial charge in [-0.2, -0.15) is 5.10 Å². The first-order valence-corrected chi connectivity index (χ1v) is 8.28. The minimum atomic E-state index is -0.0108. The van der Waals surface area contributed by atoms with Gasteiger partial charge in [-0.05, 0) is 23.3 Å². The van der Waals surface area contributed by atoms with Crippen LogP contribution in [0.3, 0.4) is 0 Å². The molecule has 126 valence electrons. The van der Waals surface area contributed by atoms with E-state index in [1.807, 2.05) is 53.3 Å². The van der Waals surface area contributed by atoms with Gasteiger partial charge in [-0.3, -0.25) is 4.79 Å². The molecule has 2 aromatic carbocycles. The van der Waals surface area contributed by atoms with Crippen LogP contribution in [-0.2, 0) is 11.3 Å². The number of amides is 1. The Labute approximate surface area is 146 Å². The van der Waals surface area contributed by atoms with Crippen LogP contribution in [-0.4, -0.2) is 22.8 Å². The van der Waals surface area contributed by atoms with Gasteiger partial charge in [0, 0.05) is 17.9 Å². The van der Waals surface area contributed by atoms with Crippen molar-refractivity contribution in [3.8, 4) is 5.75 Å². The molecule has 4 rings (SSSR count). The van der Waals surface area contributed by atoms with E-state index in [4.69, 9.17) is 4.74 Å². The Hall–Kier alpha value is -3.08. The fraction of sp³-hybridized carbons (Fsp3) is 0.200. The minimum Gasteiger partial charge on any atom is -0.497 e. The molecule has 0 saturated carbocycles. The van der Waals surface area contributed by atoms with E-state index in [2.05, 4.69) is 22.5 Å². The van der Waals surface area contributed by atoms with Crippen molar-refractivity contribution in [2.24, 2.45) is 0 Å². The van der Waals surface area contributed by atoms with Crippen molar-refractivity contribution in [2.75, 3.05) is 12.4 Å². The highest BCUT2D eigenvalue weighted by molar-refractivity contribution is 5.94. The van der Waals surface area contributed by atoms with Crippen molar-refractivity contribution in [3.05, 3.63) is 77.5 Å². The maximum Gasteiger partial charge on any atom is 0.226 e. The molecule has 0 saturated heterocycles. The molecule has 5 nitrogen and oxygen atoms in total. The second kappa shape index (κ2) is 6.43. The highest BCUT2D eigenvalue weighted by Crippen LogP contribution is 2.38. The molecule has 5 heteroatoms. The molecule has 0 unspecified atom stereocenters. The van der Waals surface area contributed by atoms with Gasteiger partial charge in [-0.1, -0.05) is 42.5 Å². The number of rotatable bonds is 4. The fourth-order valence-electron chi connectivity index (χ4n) is 3.30. The number of hydrogen-bond donors (Lipinski definition) is 1. The Balaban J connectivity index is 1.71. The summed E-state index contributed by atoms with van der Waals surface area (Å²) in [5.74, 6) is 1.58. The van der Waals surface area contributed by atoms with E-state index in [9.17, 15) is 4.79 Å². The number of fused-ring (bicyclic) bond motifs is 1. The first kappa shape index (κ1) is 15.4. The highest BCUT2D eigenvalue weighted by Gasteiger charge is 2.30. The number of nitrogens with zero attached hydrogens (tertiary/aromatic N) is 2. The summed E-state index contributed by atoms with van der Waals surface area (Å²) in [6.07, 6.45) is 2.28. The molecular weight excluding hydrogens is 314 g/mol. The van der Waals surface area contributed by atoms with E-state index in [1.165, 1.54) is 0 Å². The number of benzene rings is 2. The van der Waals surface area contributed by atoms with Gasteiger partial charge in [0.05, 0.1) is 19.9 Å². The Morgan fingerprint density at radius 1 is 1.20 bits per heavy atom. The van der Waals surface area contributed by atoms with Crippen LogP contribution < -0.4 is 10.1 Å². The van der Waals surface area contributed by atoms with Crippen molar-refractivity contribution in [1.82, 2.24) is 9.78 Å².